The summed E-state index contributed by atoms with van der Waals surface area (Å²) in [5.74, 6) is -0.515. The molecule has 8 heteroatoms. The highest BCUT2D eigenvalue weighted by atomic mass is 32.1. The predicted octanol–water partition coefficient (Wildman–Crippen LogP) is 1.09. The van der Waals surface area contributed by atoms with E-state index in [1.54, 1.807) is 18.1 Å². The van der Waals surface area contributed by atoms with E-state index in [4.69, 9.17) is 0 Å². The lowest BCUT2D eigenvalue weighted by Crippen LogP contribution is -2.62. The minimum absolute atomic E-state index is 0.159. The van der Waals surface area contributed by atoms with Gasteiger partial charge >= 0.3 is 0 Å². The molecule has 0 unspecified atom stereocenters. The molecular formula is C18H17N3O4S. The monoisotopic (exact) mass is 371 g/mol. The lowest BCUT2D eigenvalue weighted by Gasteiger charge is -2.43. The summed E-state index contributed by atoms with van der Waals surface area (Å²) in [6.45, 7) is 0.671. The molecule has 0 aliphatic carbocycles. The first-order valence-electron chi connectivity index (χ1n) is 8.33. The van der Waals surface area contributed by atoms with Gasteiger partial charge in [-0.3, -0.25) is 24.1 Å². The average Bonchev–Trinajstić information content (AvgIpc) is 3.20. The SMILES string of the molecule is Cn1cc(C(=O)N2CC(N3C(=O)CCC3=O)C2)c(-c2ccsc2)cc1=O. The fraction of sp³-hybridized carbons (Fsp3) is 0.333. The Hall–Kier alpha value is -2.74. The highest BCUT2D eigenvalue weighted by molar-refractivity contribution is 7.08. The maximum atomic E-state index is 13.0. The standard InChI is InChI=1S/C18H17N3O4S/c1-19-9-14(13(6-17(19)24)11-4-5-26-10-11)18(25)20-7-12(8-20)21-15(22)2-3-16(21)23/h4-6,9-10,12H,2-3,7-8H2,1H3. The van der Waals surface area contributed by atoms with E-state index in [1.807, 2.05) is 16.8 Å². The minimum Gasteiger partial charge on any atom is -0.334 e. The molecule has 0 spiro atoms. The summed E-state index contributed by atoms with van der Waals surface area (Å²) in [5, 5.41) is 3.79. The van der Waals surface area contributed by atoms with Crippen LogP contribution in [0, 0.1) is 0 Å². The van der Waals surface area contributed by atoms with E-state index in [1.165, 1.54) is 26.9 Å². The zero-order valence-electron chi connectivity index (χ0n) is 14.2. The van der Waals surface area contributed by atoms with E-state index in [2.05, 4.69) is 0 Å². The lowest BCUT2D eigenvalue weighted by atomic mass is 10.0. The van der Waals surface area contributed by atoms with Gasteiger partial charge in [0.1, 0.15) is 0 Å². The van der Waals surface area contributed by atoms with Crippen molar-refractivity contribution in [1.29, 1.82) is 0 Å². The molecule has 2 aliphatic heterocycles. The van der Waals surface area contributed by atoms with Gasteiger partial charge in [-0.15, -0.1) is 0 Å². The zero-order chi connectivity index (χ0) is 18.4. The van der Waals surface area contributed by atoms with Crippen LogP contribution in [-0.4, -0.2) is 51.2 Å². The number of pyridine rings is 1. The fourth-order valence-corrected chi connectivity index (χ4v) is 4.07. The average molecular weight is 371 g/mol. The van der Waals surface area contributed by atoms with Crippen LogP contribution < -0.4 is 5.56 Å². The highest BCUT2D eigenvalue weighted by Gasteiger charge is 2.43. The number of aryl methyl sites for hydroxylation is 1. The smallest absolute Gasteiger partial charge is 0.256 e. The molecule has 0 saturated carbocycles. The molecule has 7 nitrogen and oxygen atoms in total. The molecule has 0 atom stereocenters. The molecule has 2 aromatic heterocycles. The van der Waals surface area contributed by atoms with Gasteiger partial charge in [-0.2, -0.15) is 11.3 Å². The minimum atomic E-state index is -0.237. The Bertz CT molecular complexity index is 941. The van der Waals surface area contributed by atoms with Gasteiger partial charge < -0.3 is 9.47 Å². The number of thiophene rings is 1. The van der Waals surface area contributed by atoms with Crippen LogP contribution in [0.2, 0.25) is 0 Å². The Morgan fingerprint density at radius 1 is 1.15 bits per heavy atom. The molecule has 2 fully saturated rings. The zero-order valence-corrected chi connectivity index (χ0v) is 15.0. The Morgan fingerprint density at radius 2 is 1.85 bits per heavy atom. The third-order valence-corrected chi connectivity index (χ3v) is 5.58. The van der Waals surface area contributed by atoms with Crippen LogP contribution in [0.3, 0.4) is 0 Å². The van der Waals surface area contributed by atoms with E-state index in [0.29, 0.717) is 24.2 Å². The van der Waals surface area contributed by atoms with Crippen LogP contribution in [0.25, 0.3) is 11.1 Å². The normalized spacial score (nSPS) is 17.7. The number of imide groups is 1. The van der Waals surface area contributed by atoms with Gasteiger partial charge in [-0.25, -0.2) is 0 Å². The highest BCUT2D eigenvalue weighted by Crippen LogP contribution is 2.28. The van der Waals surface area contributed by atoms with Crippen molar-refractivity contribution in [2.75, 3.05) is 13.1 Å². The van der Waals surface area contributed by atoms with E-state index in [0.717, 1.165) is 5.56 Å². The van der Waals surface area contributed by atoms with Crippen molar-refractivity contribution in [2.24, 2.45) is 7.05 Å². The van der Waals surface area contributed by atoms with Crippen molar-refractivity contribution in [2.45, 2.75) is 18.9 Å². The Balaban J connectivity index is 1.58. The molecule has 4 rings (SSSR count). The van der Waals surface area contributed by atoms with Crippen LogP contribution in [0.4, 0.5) is 0 Å². The Morgan fingerprint density at radius 3 is 2.46 bits per heavy atom. The summed E-state index contributed by atoms with van der Waals surface area (Å²) in [5.41, 5.74) is 1.70. The molecule has 0 bridgehead atoms. The van der Waals surface area contributed by atoms with E-state index in [9.17, 15) is 19.2 Å². The first-order chi connectivity index (χ1) is 12.5. The number of rotatable bonds is 3. The van der Waals surface area contributed by atoms with Crippen molar-refractivity contribution < 1.29 is 14.4 Å². The van der Waals surface area contributed by atoms with Crippen molar-refractivity contribution in [1.82, 2.24) is 14.4 Å². The molecule has 26 heavy (non-hydrogen) atoms. The number of hydrogen-bond donors (Lipinski definition) is 0. The topological polar surface area (TPSA) is 79.7 Å². The number of carbonyl (C=O) groups excluding carboxylic acids is 3. The fourth-order valence-electron chi connectivity index (χ4n) is 3.41. The summed E-state index contributed by atoms with van der Waals surface area (Å²) in [6, 6.07) is 3.11. The van der Waals surface area contributed by atoms with Crippen LogP contribution in [-0.2, 0) is 16.6 Å². The summed E-state index contributed by atoms with van der Waals surface area (Å²) >= 11 is 1.50. The van der Waals surface area contributed by atoms with Gasteiger partial charge in [0.25, 0.3) is 11.5 Å². The summed E-state index contributed by atoms with van der Waals surface area (Å²) in [4.78, 5) is 51.5. The second kappa shape index (κ2) is 6.21. The van der Waals surface area contributed by atoms with Gasteiger partial charge in [0.2, 0.25) is 11.8 Å². The number of carbonyl (C=O) groups is 3. The van der Waals surface area contributed by atoms with Crippen LogP contribution in [0.1, 0.15) is 23.2 Å². The van der Waals surface area contributed by atoms with E-state index in [-0.39, 0.29) is 42.2 Å². The molecule has 2 saturated heterocycles. The first kappa shape index (κ1) is 16.7. The van der Waals surface area contributed by atoms with Gasteiger partial charge in [-0.05, 0) is 22.4 Å². The molecule has 0 N–H and O–H groups in total. The number of amides is 3. The van der Waals surface area contributed by atoms with E-state index < -0.39 is 0 Å². The summed E-state index contributed by atoms with van der Waals surface area (Å²) in [7, 11) is 1.61. The van der Waals surface area contributed by atoms with Crippen molar-refractivity contribution in [3.05, 3.63) is 45.0 Å². The van der Waals surface area contributed by atoms with Crippen LogP contribution in [0.15, 0.2) is 33.9 Å². The third kappa shape index (κ3) is 2.66. The maximum Gasteiger partial charge on any atom is 0.256 e. The largest absolute Gasteiger partial charge is 0.334 e. The predicted molar refractivity (Wildman–Crippen MR) is 95.8 cm³/mol. The van der Waals surface area contributed by atoms with Gasteiger partial charge in [-0.1, -0.05) is 0 Å². The molecule has 0 aromatic carbocycles. The molecular weight excluding hydrogens is 354 g/mol. The van der Waals surface area contributed by atoms with Gasteiger partial charge in [0.05, 0.1) is 11.6 Å². The van der Waals surface area contributed by atoms with Crippen molar-refractivity contribution in [3.8, 4) is 11.1 Å². The van der Waals surface area contributed by atoms with Crippen LogP contribution >= 0.6 is 11.3 Å². The Labute approximate surface area is 153 Å². The summed E-state index contributed by atoms with van der Waals surface area (Å²) < 4.78 is 1.38. The van der Waals surface area contributed by atoms with Gasteiger partial charge in [0.15, 0.2) is 0 Å². The van der Waals surface area contributed by atoms with Gasteiger partial charge in [0, 0.05) is 50.8 Å². The van der Waals surface area contributed by atoms with E-state index >= 15 is 0 Å². The molecule has 3 amide bonds. The molecule has 0 radical (unpaired) electrons. The summed E-state index contributed by atoms with van der Waals surface area (Å²) in [6.07, 6.45) is 2.07. The quantitative estimate of drug-likeness (QED) is 0.757. The van der Waals surface area contributed by atoms with Crippen LogP contribution in [0.5, 0.6) is 0 Å². The third-order valence-electron chi connectivity index (χ3n) is 4.90. The molecule has 134 valence electrons. The number of aromatic nitrogens is 1. The molecule has 2 aromatic rings. The Kier molecular flexibility index (Phi) is 3.99. The van der Waals surface area contributed by atoms with Crippen molar-refractivity contribution in [3.63, 3.8) is 0 Å². The van der Waals surface area contributed by atoms with Crippen molar-refractivity contribution >= 4 is 29.1 Å². The number of nitrogens with zero attached hydrogens (tertiary/aromatic N) is 3. The number of likely N-dealkylation sites (tertiary alicyclic amines) is 2. The molecule has 2 aliphatic rings. The lowest BCUT2D eigenvalue weighted by molar-refractivity contribution is -0.144. The second-order valence-electron chi connectivity index (χ2n) is 6.58. The molecule has 4 heterocycles. The number of hydrogen-bond acceptors (Lipinski definition) is 5. The first-order valence-corrected chi connectivity index (χ1v) is 9.27. The maximum absolute atomic E-state index is 13.0. The second-order valence-corrected chi connectivity index (χ2v) is 7.36.